The van der Waals surface area contributed by atoms with Gasteiger partial charge >= 0.3 is 0 Å². The second-order valence-corrected chi connectivity index (χ2v) is 13.2. The van der Waals surface area contributed by atoms with Crippen LogP contribution in [0.15, 0.2) is 164 Å². The van der Waals surface area contributed by atoms with Crippen LogP contribution >= 0.6 is 0 Å². The molecule has 0 saturated heterocycles. The van der Waals surface area contributed by atoms with Gasteiger partial charge in [-0.2, -0.15) is 0 Å². The van der Waals surface area contributed by atoms with E-state index in [0.29, 0.717) is 5.82 Å². The fourth-order valence-electron chi connectivity index (χ4n) is 7.79. The Balaban J connectivity index is 1.18. The molecule has 4 heterocycles. The molecule has 0 bridgehead atoms. The molecule has 5 N–H and O–H groups in total. The molecule has 5 aromatic carbocycles. The number of aromatic nitrogens is 2. The van der Waals surface area contributed by atoms with E-state index < -0.39 is 0 Å². The highest BCUT2D eigenvalue weighted by Gasteiger charge is 2.30. The van der Waals surface area contributed by atoms with Gasteiger partial charge in [-0.25, -0.2) is 0 Å². The Morgan fingerprint density at radius 2 is 1.47 bits per heavy atom. The van der Waals surface area contributed by atoms with E-state index >= 15 is 0 Å². The predicted octanol–water partition coefficient (Wildman–Crippen LogP) is 9.25. The van der Waals surface area contributed by atoms with Gasteiger partial charge in [0.05, 0.1) is 34.2 Å². The zero-order chi connectivity index (χ0) is 34.3. The van der Waals surface area contributed by atoms with Crippen LogP contribution in [0.2, 0.25) is 0 Å². The van der Waals surface area contributed by atoms with Crippen LogP contribution < -0.4 is 21.7 Å². The fraction of sp³-hybridized carbons (Fsp3) is 0.111. The molecular weight excluding hydrogens is 625 g/mol. The van der Waals surface area contributed by atoms with Gasteiger partial charge in [0, 0.05) is 27.2 Å². The van der Waals surface area contributed by atoms with Gasteiger partial charge in [-0.05, 0) is 54.0 Å². The molecule has 6 heteroatoms. The van der Waals surface area contributed by atoms with Crippen molar-refractivity contribution in [2.24, 2.45) is 5.73 Å². The lowest BCUT2D eigenvalue weighted by Crippen LogP contribution is -2.57. The lowest BCUT2D eigenvalue weighted by atomic mass is 9.98. The number of rotatable bonds is 7. The average molecular weight is 665 g/mol. The highest BCUT2D eigenvalue weighted by Crippen LogP contribution is 2.41. The molecule has 9 rings (SSSR count). The Bertz CT molecular complexity index is 2560. The third-order valence-corrected chi connectivity index (χ3v) is 10.1. The molecule has 51 heavy (non-hydrogen) atoms. The molecule has 0 amide bonds. The van der Waals surface area contributed by atoms with Gasteiger partial charge in [-0.15, -0.1) is 0 Å². The first kappa shape index (κ1) is 30.8. The molecule has 0 aliphatic carbocycles. The van der Waals surface area contributed by atoms with Gasteiger partial charge in [0.15, 0.2) is 0 Å². The highest BCUT2D eigenvalue weighted by atomic mass is 15.2. The molecule has 0 saturated carbocycles. The zero-order valence-electron chi connectivity index (χ0n) is 28.5. The third-order valence-electron chi connectivity index (χ3n) is 10.1. The summed E-state index contributed by atoms with van der Waals surface area (Å²) in [6.45, 7) is 2.13. The molecule has 3 unspecified atom stereocenters. The molecule has 250 valence electrons. The number of para-hydroxylation sites is 2. The van der Waals surface area contributed by atoms with E-state index in [1.54, 1.807) is 0 Å². The summed E-state index contributed by atoms with van der Waals surface area (Å²) >= 11 is 0. The van der Waals surface area contributed by atoms with Crippen LogP contribution in [0.3, 0.4) is 0 Å². The van der Waals surface area contributed by atoms with Crippen LogP contribution in [0.25, 0.3) is 61.0 Å². The van der Waals surface area contributed by atoms with Crippen LogP contribution in [-0.4, -0.2) is 21.3 Å². The minimum absolute atomic E-state index is 0.0434. The maximum atomic E-state index is 6.83. The largest absolute Gasteiger partial charge is 0.385 e. The molecule has 0 spiro atoms. The second-order valence-electron chi connectivity index (χ2n) is 13.2. The van der Waals surface area contributed by atoms with Crippen molar-refractivity contribution in [2.45, 2.75) is 31.6 Å². The molecule has 3 atom stereocenters. The SMILES string of the molecule is CC/C=C\C=C(/N)n1c2ccccc2c2c3c(ccc21)c1ccccc1n3C1=CC=CC(C2NC(c3ccccc3)=CC(c3ccccc3)N2)N1. The highest BCUT2D eigenvalue weighted by molar-refractivity contribution is 6.26. The van der Waals surface area contributed by atoms with E-state index in [2.05, 4.69) is 184 Å². The van der Waals surface area contributed by atoms with Gasteiger partial charge < -0.3 is 16.4 Å². The Kier molecular flexibility index (Phi) is 7.79. The van der Waals surface area contributed by atoms with E-state index in [-0.39, 0.29) is 18.2 Å². The average Bonchev–Trinajstić information content (AvgIpc) is 3.71. The first-order valence-corrected chi connectivity index (χ1v) is 17.8. The number of benzene rings is 5. The summed E-state index contributed by atoms with van der Waals surface area (Å²) in [5.41, 5.74) is 14.8. The number of allylic oxidation sites excluding steroid dienone is 5. The molecule has 0 radical (unpaired) electrons. The fourth-order valence-corrected chi connectivity index (χ4v) is 7.79. The van der Waals surface area contributed by atoms with E-state index in [4.69, 9.17) is 5.73 Å². The number of nitrogens with one attached hydrogen (secondary N) is 3. The monoisotopic (exact) mass is 664 g/mol. The standard InChI is InChI=1S/C45H40N6/c1-2-3-6-25-41(46)50-39-24-14-12-21-34(39)43-40(50)28-27-33-32-20-11-13-23-38(32)51(44(33)43)42-26-15-22-35(47-42)45-48-36(30-16-7-4-8-17-30)29-37(49-45)31-18-9-5-10-19-31/h3-29,35-36,45,47-49H,2,46H2,1H3/b6-3-,41-25+. The number of nitrogens with two attached hydrogens (primary N) is 1. The molecule has 0 fully saturated rings. The van der Waals surface area contributed by atoms with Gasteiger partial charge in [0.1, 0.15) is 17.8 Å². The van der Waals surface area contributed by atoms with Crippen molar-refractivity contribution in [3.63, 3.8) is 0 Å². The van der Waals surface area contributed by atoms with E-state index in [9.17, 15) is 0 Å². The van der Waals surface area contributed by atoms with Crippen LogP contribution in [0.5, 0.6) is 0 Å². The predicted molar refractivity (Wildman–Crippen MR) is 214 cm³/mol. The lowest BCUT2D eigenvalue weighted by molar-refractivity contribution is 0.376. The smallest absolute Gasteiger partial charge is 0.111 e. The van der Waals surface area contributed by atoms with Crippen LogP contribution in [-0.2, 0) is 0 Å². The number of dihydropyridines is 1. The number of hydrogen-bond donors (Lipinski definition) is 4. The lowest BCUT2D eigenvalue weighted by Gasteiger charge is -2.38. The Morgan fingerprint density at radius 1 is 0.745 bits per heavy atom. The molecular formula is C45H40N6. The Morgan fingerprint density at radius 3 is 2.27 bits per heavy atom. The summed E-state index contributed by atoms with van der Waals surface area (Å²) in [5.74, 6) is 1.71. The molecule has 7 aromatic rings. The number of hydrogen-bond acceptors (Lipinski definition) is 4. The number of nitrogens with zero attached hydrogens (tertiary/aromatic N) is 2. The summed E-state index contributed by atoms with van der Waals surface area (Å²) in [6, 6.07) is 43.0. The first-order chi connectivity index (χ1) is 25.2. The molecule has 2 aliphatic rings. The molecule has 6 nitrogen and oxygen atoms in total. The number of fused-ring (bicyclic) bond motifs is 7. The minimum atomic E-state index is -0.0912. The maximum absolute atomic E-state index is 6.83. The first-order valence-electron chi connectivity index (χ1n) is 17.8. The van der Waals surface area contributed by atoms with Crippen LogP contribution in [0.4, 0.5) is 0 Å². The van der Waals surface area contributed by atoms with E-state index in [1.807, 2.05) is 12.2 Å². The molecule has 2 aromatic heterocycles. The van der Waals surface area contributed by atoms with Crippen LogP contribution in [0, 0.1) is 0 Å². The van der Waals surface area contributed by atoms with Crippen molar-refractivity contribution < 1.29 is 0 Å². The third kappa shape index (κ3) is 5.32. The summed E-state index contributed by atoms with van der Waals surface area (Å²) in [5, 5.41) is 16.5. The summed E-state index contributed by atoms with van der Waals surface area (Å²) in [4.78, 5) is 0. The quantitative estimate of drug-likeness (QED) is 0.128. The van der Waals surface area contributed by atoms with Gasteiger partial charge in [-0.3, -0.25) is 14.5 Å². The summed E-state index contributed by atoms with van der Waals surface area (Å²) in [6.07, 6.45) is 15.9. The summed E-state index contributed by atoms with van der Waals surface area (Å²) in [7, 11) is 0. The zero-order valence-corrected chi connectivity index (χ0v) is 28.5. The van der Waals surface area contributed by atoms with Crippen molar-refractivity contribution in [2.75, 3.05) is 0 Å². The van der Waals surface area contributed by atoms with E-state index in [1.165, 1.54) is 32.7 Å². The maximum Gasteiger partial charge on any atom is 0.111 e. The van der Waals surface area contributed by atoms with Crippen molar-refractivity contribution in [3.8, 4) is 0 Å². The topological polar surface area (TPSA) is 72.0 Å². The minimum Gasteiger partial charge on any atom is -0.385 e. The summed E-state index contributed by atoms with van der Waals surface area (Å²) < 4.78 is 4.59. The van der Waals surface area contributed by atoms with Gasteiger partial charge in [0.2, 0.25) is 0 Å². The molecule has 2 aliphatic heterocycles. The second kappa shape index (κ2) is 12.9. The van der Waals surface area contributed by atoms with E-state index in [0.717, 1.165) is 40.0 Å². The van der Waals surface area contributed by atoms with Crippen molar-refractivity contribution in [1.82, 2.24) is 25.1 Å². The Labute approximate surface area is 297 Å². The van der Waals surface area contributed by atoms with Crippen molar-refractivity contribution in [3.05, 3.63) is 175 Å². The van der Waals surface area contributed by atoms with Crippen molar-refractivity contribution >= 4 is 61.0 Å². The normalized spacial score (nSPS) is 19.5. The van der Waals surface area contributed by atoms with Crippen molar-refractivity contribution in [1.29, 1.82) is 0 Å². The van der Waals surface area contributed by atoms with Crippen LogP contribution in [0.1, 0.15) is 30.5 Å². The van der Waals surface area contributed by atoms with Gasteiger partial charge in [0.25, 0.3) is 0 Å². The Hall–Kier alpha value is -6.24. The van der Waals surface area contributed by atoms with Gasteiger partial charge in [-0.1, -0.05) is 134 Å².